The van der Waals surface area contributed by atoms with Gasteiger partial charge in [0.2, 0.25) is 0 Å². The number of ketones is 1. The zero-order valence-corrected chi connectivity index (χ0v) is 21.1. The molecule has 5 nitrogen and oxygen atoms in total. The molecule has 0 fully saturated rings. The fourth-order valence-corrected chi connectivity index (χ4v) is 4.45. The molecular formula is C28H23F6N3O2. The third kappa shape index (κ3) is 5.52. The second-order valence-corrected chi connectivity index (χ2v) is 9.21. The summed E-state index contributed by atoms with van der Waals surface area (Å²) in [5.41, 5.74) is -1.38. The van der Waals surface area contributed by atoms with Crippen molar-refractivity contribution in [3.63, 3.8) is 0 Å². The van der Waals surface area contributed by atoms with Gasteiger partial charge in [0.1, 0.15) is 0 Å². The largest absolute Gasteiger partial charge is 0.417 e. The van der Waals surface area contributed by atoms with Gasteiger partial charge in [-0.2, -0.15) is 13.2 Å². The van der Waals surface area contributed by atoms with Gasteiger partial charge in [-0.05, 0) is 67.8 Å². The molecule has 0 N–H and O–H groups in total. The number of hydrogen-bond donors (Lipinski definition) is 0. The number of halogens is 6. The summed E-state index contributed by atoms with van der Waals surface area (Å²) in [6.45, 7) is 5.14. The van der Waals surface area contributed by atoms with Crippen LogP contribution in [0, 0.1) is 31.3 Å². The quantitative estimate of drug-likeness (QED) is 0.147. The van der Waals surface area contributed by atoms with Crippen LogP contribution in [0.15, 0.2) is 59.9 Å². The summed E-state index contributed by atoms with van der Waals surface area (Å²) in [6, 6.07) is 4.86. The molecule has 2 aromatic carbocycles. The van der Waals surface area contributed by atoms with Crippen LogP contribution >= 0.6 is 0 Å². The molecule has 0 radical (unpaired) electrons. The van der Waals surface area contributed by atoms with E-state index in [1.54, 1.807) is 43.9 Å². The van der Waals surface area contributed by atoms with E-state index in [0.717, 1.165) is 5.69 Å². The maximum Gasteiger partial charge on any atom is 0.417 e. The average molecular weight is 547 g/mol. The fraction of sp³-hybridized carbons (Fsp3) is 0.250. The molecule has 0 spiro atoms. The maximum absolute atomic E-state index is 14.0. The number of alkyl halides is 3. The first-order valence-electron chi connectivity index (χ1n) is 12.0. The predicted octanol–water partition coefficient (Wildman–Crippen LogP) is 6.71. The summed E-state index contributed by atoms with van der Waals surface area (Å²) < 4.78 is 85.6. The van der Waals surface area contributed by atoms with Crippen molar-refractivity contribution >= 4 is 5.78 Å². The van der Waals surface area contributed by atoms with E-state index in [4.69, 9.17) is 0 Å². The number of imidazole rings is 1. The number of rotatable bonds is 7. The summed E-state index contributed by atoms with van der Waals surface area (Å²) in [6.07, 6.45) is -0.832. The topological polar surface area (TPSA) is 56.9 Å². The molecule has 0 aliphatic carbocycles. The van der Waals surface area contributed by atoms with Crippen molar-refractivity contribution in [2.75, 3.05) is 0 Å². The lowest BCUT2D eigenvalue weighted by atomic mass is 9.98. The van der Waals surface area contributed by atoms with Crippen molar-refractivity contribution in [2.45, 2.75) is 45.8 Å². The molecule has 2 aromatic heterocycles. The molecule has 0 saturated carbocycles. The summed E-state index contributed by atoms with van der Waals surface area (Å²) >= 11 is 0. The van der Waals surface area contributed by atoms with E-state index in [9.17, 15) is 35.9 Å². The van der Waals surface area contributed by atoms with Gasteiger partial charge >= 0.3 is 6.18 Å². The van der Waals surface area contributed by atoms with E-state index < -0.39 is 52.1 Å². The molecule has 39 heavy (non-hydrogen) atoms. The van der Waals surface area contributed by atoms with Gasteiger partial charge in [-0.15, -0.1) is 0 Å². The van der Waals surface area contributed by atoms with Crippen LogP contribution in [-0.2, 0) is 6.18 Å². The highest BCUT2D eigenvalue weighted by Crippen LogP contribution is 2.32. The molecule has 2 heterocycles. The van der Waals surface area contributed by atoms with Crippen LogP contribution < -0.4 is 5.56 Å². The first kappa shape index (κ1) is 27.9. The molecule has 1 unspecified atom stereocenters. The van der Waals surface area contributed by atoms with Gasteiger partial charge in [0.15, 0.2) is 23.2 Å². The van der Waals surface area contributed by atoms with Crippen molar-refractivity contribution in [1.82, 2.24) is 14.1 Å². The highest BCUT2D eigenvalue weighted by molar-refractivity contribution is 6.09. The minimum atomic E-state index is -4.94. The smallest absolute Gasteiger partial charge is 0.307 e. The molecule has 4 rings (SSSR count). The molecule has 0 saturated heterocycles. The van der Waals surface area contributed by atoms with Crippen LogP contribution in [0.4, 0.5) is 26.3 Å². The van der Waals surface area contributed by atoms with Crippen molar-refractivity contribution in [2.24, 2.45) is 0 Å². The minimum absolute atomic E-state index is 0.0164. The monoisotopic (exact) mass is 547 g/mol. The van der Waals surface area contributed by atoms with Crippen LogP contribution in [0.2, 0.25) is 0 Å². The van der Waals surface area contributed by atoms with Crippen LogP contribution in [0.25, 0.3) is 5.69 Å². The molecular weight excluding hydrogens is 524 g/mol. The average Bonchev–Trinajstić information content (AvgIpc) is 3.30. The van der Waals surface area contributed by atoms with Gasteiger partial charge in [-0.1, -0.05) is 13.3 Å². The van der Waals surface area contributed by atoms with E-state index in [2.05, 4.69) is 4.98 Å². The fourth-order valence-electron chi connectivity index (χ4n) is 4.45. The highest BCUT2D eigenvalue weighted by Gasteiger charge is 2.34. The third-order valence-electron chi connectivity index (χ3n) is 6.35. The van der Waals surface area contributed by atoms with Gasteiger partial charge < -0.3 is 9.13 Å². The van der Waals surface area contributed by atoms with Crippen molar-refractivity contribution in [3.05, 3.63) is 116 Å². The molecule has 11 heteroatoms. The van der Waals surface area contributed by atoms with Crippen LogP contribution in [-0.4, -0.2) is 19.9 Å². The number of aromatic nitrogens is 3. The van der Waals surface area contributed by atoms with E-state index in [1.807, 2.05) is 0 Å². The summed E-state index contributed by atoms with van der Waals surface area (Å²) in [7, 11) is 0. The summed E-state index contributed by atoms with van der Waals surface area (Å²) in [4.78, 5) is 31.0. The van der Waals surface area contributed by atoms with Crippen LogP contribution in [0.5, 0.6) is 0 Å². The molecule has 204 valence electrons. The van der Waals surface area contributed by atoms with Crippen molar-refractivity contribution in [1.29, 1.82) is 0 Å². The van der Waals surface area contributed by atoms with Gasteiger partial charge in [-0.3, -0.25) is 9.59 Å². The van der Waals surface area contributed by atoms with Gasteiger partial charge in [0.05, 0.1) is 29.2 Å². The Kier molecular flexibility index (Phi) is 7.54. The molecule has 4 aromatic rings. The van der Waals surface area contributed by atoms with Crippen molar-refractivity contribution < 1.29 is 31.1 Å². The zero-order chi connectivity index (χ0) is 28.6. The van der Waals surface area contributed by atoms with E-state index in [1.165, 1.54) is 12.1 Å². The Balaban J connectivity index is 1.87. The number of hydrogen-bond acceptors (Lipinski definition) is 3. The number of nitrogens with zero attached hydrogens (tertiary/aromatic N) is 3. The SMILES string of the molecule is CCCC(c1cc(F)c(F)c(F)c1)n1cc(C(F)(F)F)cc(C(=O)c2ccc(-n3cnc(C)c3)c(C)c2)c1=O. The van der Waals surface area contributed by atoms with E-state index in [-0.39, 0.29) is 17.5 Å². The Hall–Kier alpha value is -4.15. The van der Waals surface area contributed by atoms with Gasteiger partial charge in [-0.25, -0.2) is 18.2 Å². The third-order valence-corrected chi connectivity index (χ3v) is 6.35. The van der Waals surface area contributed by atoms with Crippen LogP contribution in [0.1, 0.15) is 64.1 Å². The molecule has 0 aliphatic rings. The maximum atomic E-state index is 14.0. The molecule has 0 aliphatic heterocycles. The van der Waals surface area contributed by atoms with Gasteiger partial charge in [0, 0.05) is 23.6 Å². The number of carbonyl (C=O) groups excluding carboxylic acids is 1. The summed E-state index contributed by atoms with van der Waals surface area (Å²) in [5, 5.41) is 0. The Morgan fingerprint density at radius 2 is 1.67 bits per heavy atom. The van der Waals surface area contributed by atoms with E-state index in [0.29, 0.717) is 46.6 Å². The summed E-state index contributed by atoms with van der Waals surface area (Å²) in [5.74, 6) is -5.80. The second-order valence-electron chi connectivity index (χ2n) is 9.21. The lowest BCUT2D eigenvalue weighted by Gasteiger charge is -2.23. The number of benzene rings is 2. The molecule has 0 bridgehead atoms. The lowest BCUT2D eigenvalue weighted by Crippen LogP contribution is -2.32. The highest BCUT2D eigenvalue weighted by atomic mass is 19.4. The first-order chi connectivity index (χ1) is 18.3. The zero-order valence-electron chi connectivity index (χ0n) is 21.1. The Morgan fingerprint density at radius 1 is 1.00 bits per heavy atom. The Bertz CT molecular complexity index is 1600. The van der Waals surface area contributed by atoms with E-state index >= 15 is 0 Å². The van der Waals surface area contributed by atoms with Crippen molar-refractivity contribution in [3.8, 4) is 5.69 Å². The minimum Gasteiger partial charge on any atom is -0.307 e. The normalized spacial score (nSPS) is 12.5. The lowest BCUT2D eigenvalue weighted by molar-refractivity contribution is -0.138. The number of aryl methyl sites for hydroxylation is 2. The first-order valence-corrected chi connectivity index (χ1v) is 12.0. The molecule has 1 atom stereocenters. The number of pyridine rings is 1. The Labute approximate surface area is 219 Å². The van der Waals surface area contributed by atoms with Gasteiger partial charge in [0.25, 0.3) is 5.56 Å². The molecule has 0 amide bonds. The van der Waals surface area contributed by atoms with Crippen LogP contribution in [0.3, 0.4) is 0 Å². The second kappa shape index (κ2) is 10.5. The predicted molar refractivity (Wildman–Crippen MR) is 132 cm³/mol. The number of carbonyl (C=O) groups is 1. The Morgan fingerprint density at radius 3 is 2.21 bits per heavy atom. The standard InChI is InChI=1S/C28H23F6N3O2/c1-4-5-24(18-9-21(29)25(31)22(30)10-18)37-13-19(28(32,33)34)11-20(27(37)39)26(38)17-6-7-23(15(2)8-17)36-12-16(3)35-14-36/h6-14,24H,4-5H2,1-3H3.